The number of carbonyl (C=O) groups is 2. The molecule has 4 aliphatic carbocycles. The molecule has 4 aliphatic rings. The van der Waals surface area contributed by atoms with Crippen molar-refractivity contribution >= 4 is 11.9 Å². The number of ether oxygens (including phenoxy) is 1. The molecule has 37 heavy (non-hydrogen) atoms. The molecule has 0 saturated heterocycles. The number of carboxylic acid groups (broad SMARTS) is 1. The minimum Gasteiger partial charge on any atom is -0.481 e. The summed E-state index contributed by atoms with van der Waals surface area (Å²) in [5.74, 6) is 1.73. The molecular weight excluding hydrogens is 470 g/mol. The Kier molecular flexibility index (Phi) is 7.18. The van der Waals surface area contributed by atoms with E-state index in [4.69, 9.17) is 4.74 Å². The first-order valence-electron chi connectivity index (χ1n) is 14.6. The van der Waals surface area contributed by atoms with Crippen molar-refractivity contribution in [2.45, 2.75) is 104 Å². The highest BCUT2D eigenvalue weighted by atomic mass is 16.5. The average Bonchev–Trinajstić information content (AvgIpc) is 3.47. The zero-order valence-electron chi connectivity index (χ0n) is 22.9. The molecule has 4 saturated carbocycles. The number of carboxylic acids is 1. The van der Waals surface area contributed by atoms with E-state index < -0.39 is 11.9 Å². The maximum absolute atomic E-state index is 12.4. The van der Waals surface area contributed by atoms with Crippen LogP contribution in [0.4, 0.5) is 0 Å². The summed E-state index contributed by atoms with van der Waals surface area (Å²) in [6, 6.07) is 0.141. The SMILES string of the molecule is CCOC(=O)c1cn([C@H]2C[C@@H]3C[C@H](O)CC[C@]3(C)[C@H]3CC[C@]4(C)[C@@H](C(C)CCC(=O)O)CC[C@H]4[C@H]23)nn1. The second kappa shape index (κ2) is 9.97. The number of hydrogen-bond donors (Lipinski definition) is 2. The van der Waals surface area contributed by atoms with Crippen molar-refractivity contribution in [3.05, 3.63) is 11.9 Å². The molecule has 2 N–H and O–H groups in total. The zero-order valence-corrected chi connectivity index (χ0v) is 22.9. The summed E-state index contributed by atoms with van der Waals surface area (Å²) < 4.78 is 7.14. The largest absolute Gasteiger partial charge is 0.481 e. The van der Waals surface area contributed by atoms with Crippen LogP contribution in [0.3, 0.4) is 0 Å². The van der Waals surface area contributed by atoms with Gasteiger partial charge in [0.1, 0.15) is 0 Å². The summed E-state index contributed by atoms with van der Waals surface area (Å²) in [4.78, 5) is 23.7. The lowest BCUT2D eigenvalue weighted by Gasteiger charge is -2.63. The molecule has 0 radical (unpaired) electrons. The van der Waals surface area contributed by atoms with Crippen LogP contribution in [-0.4, -0.2) is 49.9 Å². The van der Waals surface area contributed by atoms with E-state index in [0.29, 0.717) is 42.1 Å². The summed E-state index contributed by atoms with van der Waals surface area (Å²) in [7, 11) is 0. The van der Waals surface area contributed by atoms with Gasteiger partial charge < -0.3 is 14.9 Å². The maximum atomic E-state index is 12.4. The van der Waals surface area contributed by atoms with E-state index in [9.17, 15) is 19.8 Å². The summed E-state index contributed by atoms with van der Waals surface area (Å²) >= 11 is 0. The van der Waals surface area contributed by atoms with E-state index in [0.717, 1.165) is 38.5 Å². The molecule has 206 valence electrons. The first kappa shape index (κ1) is 26.6. The van der Waals surface area contributed by atoms with Crippen LogP contribution in [0.25, 0.3) is 0 Å². The van der Waals surface area contributed by atoms with Gasteiger partial charge in [0, 0.05) is 6.42 Å². The number of fused-ring (bicyclic) bond motifs is 5. The Balaban J connectivity index is 1.49. The van der Waals surface area contributed by atoms with Gasteiger partial charge in [-0.2, -0.15) is 0 Å². The third-order valence-corrected chi connectivity index (χ3v) is 11.6. The van der Waals surface area contributed by atoms with Gasteiger partial charge in [0.05, 0.1) is 24.9 Å². The Labute approximate surface area is 220 Å². The molecule has 5 rings (SSSR count). The molecular formula is C29H45N3O5. The molecule has 0 spiro atoms. The van der Waals surface area contributed by atoms with Gasteiger partial charge in [-0.25, -0.2) is 9.48 Å². The van der Waals surface area contributed by atoms with E-state index in [1.807, 2.05) is 4.68 Å². The maximum Gasteiger partial charge on any atom is 0.360 e. The van der Waals surface area contributed by atoms with E-state index in [-0.39, 0.29) is 35.1 Å². The Morgan fingerprint density at radius 1 is 1.14 bits per heavy atom. The van der Waals surface area contributed by atoms with Crippen LogP contribution in [0, 0.1) is 46.3 Å². The van der Waals surface area contributed by atoms with Gasteiger partial charge in [-0.3, -0.25) is 4.79 Å². The van der Waals surface area contributed by atoms with Crippen LogP contribution in [0.5, 0.6) is 0 Å². The molecule has 0 bridgehead atoms. The highest BCUT2D eigenvalue weighted by Gasteiger charge is 2.63. The van der Waals surface area contributed by atoms with Gasteiger partial charge >= 0.3 is 11.9 Å². The Hall–Kier alpha value is -1.96. The normalized spacial score (nSPS) is 41.8. The molecule has 10 atom stereocenters. The molecule has 1 aromatic rings. The topological polar surface area (TPSA) is 115 Å². The van der Waals surface area contributed by atoms with Crippen LogP contribution >= 0.6 is 0 Å². The quantitative estimate of drug-likeness (QED) is 0.484. The molecule has 0 aromatic carbocycles. The van der Waals surface area contributed by atoms with Crippen molar-refractivity contribution in [3.8, 4) is 0 Å². The Bertz CT molecular complexity index is 1010. The highest BCUT2D eigenvalue weighted by Crippen LogP contribution is 2.70. The van der Waals surface area contributed by atoms with Crippen LogP contribution in [-0.2, 0) is 9.53 Å². The van der Waals surface area contributed by atoms with Gasteiger partial charge in [-0.1, -0.05) is 26.0 Å². The van der Waals surface area contributed by atoms with Crippen LogP contribution in [0.2, 0.25) is 0 Å². The zero-order chi connectivity index (χ0) is 26.5. The molecule has 1 unspecified atom stereocenters. The van der Waals surface area contributed by atoms with Gasteiger partial charge in [0.15, 0.2) is 5.69 Å². The van der Waals surface area contributed by atoms with E-state index in [1.165, 1.54) is 19.3 Å². The number of aliphatic carboxylic acids is 1. The standard InChI is InChI=1S/C29H45N3O5/c1-5-37-27(36)23-16-32(31-30-23)24-15-18-14-19(33)10-12-28(18,3)22-11-13-29(4)20(7-8-21(29)26(22)24)17(2)6-9-25(34)35/h16-22,24,26,33H,5-15H2,1-4H3,(H,34,35)/t17?,18-,19+,20+,21-,22-,24-,26-,28-,29+/m0/s1. The third-order valence-electron chi connectivity index (χ3n) is 11.6. The Morgan fingerprint density at radius 3 is 2.59 bits per heavy atom. The van der Waals surface area contributed by atoms with Gasteiger partial charge in [0.2, 0.25) is 0 Å². The summed E-state index contributed by atoms with van der Waals surface area (Å²) in [5.41, 5.74) is 0.652. The molecule has 0 amide bonds. The number of aliphatic hydroxyl groups is 1. The minimum absolute atomic E-state index is 0.141. The van der Waals surface area contributed by atoms with Crippen molar-refractivity contribution in [1.82, 2.24) is 15.0 Å². The first-order chi connectivity index (χ1) is 17.6. The number of aromatic nitrogens is 3. The molecule has 4 fully saturated rings. The van der Waals surface area contributed by atoms with Crippen molar-refractivity contribution in [2.24, 2.45) is 46.3 Å². The van der Waals surface area contributed by atoms with E-state index in [2.05, 4.69) is 31.1 Å². The lowest BCUT2D eigenvalue weighted by Crippen LogP contribution is -2.57. The van der Waals surface area contributed by atoms with Crippen molar-refractivity contribution in [2.75, 3.05) is 6.61 Å². The summed E-state index contributed by atoms with van der Waals surface area (Å²) in [5, 5.41) is 28.6. The lowest BCUT2D eigenvalue weighted by molar-refractivity contribution is -0.151. The Morgan fingerprint density at radius 2 is 1.86 bits per heavy atom. The number of esters is 1. The van der Waals surface area contributed by atoms with Gasteiger partial charge in [-0.15, -0.1) is 5.10 Å². The average molecular weight is 516 g/mol. The monoisotopic (exact) mass is 515 g/mol. The summed E-state index contributed by atoms with van der Waals surface area (Å²) in [6.07, 6.45) is 10.9. The molecule has 8 heteroatoms. The van der Waals surface area contributed by atoms with Crippen molar-refractivity contribution < 1.29 is 24.5 Å². The summed E-state index contributed by atoms with van der Waals surface area (Å²) in [6.45, 7) is 9.31. The number of rotatable bonds is 7. The number of nitrogens with zero attached hydrogens (tertiary/aromatic N) is 3. The van der Waals surface area contributed by atoms with E-state index in [1.54, 1.807) is 13.1 Å². The predicted molar refractivity (Wildman–Crippen MR) is 138 cm³/mol. The fraction of sp³-hybridized carbons (Fsp3) is 0.862. The molecule has 1 aromatic heterocycles. The number of hydrogen-bond acceptors (Lipinski definition) is 6. The van der Waals surface area contributed by atoms with Gasteiger partial charge in [0.25, 0.3) is 0 Å². The fourth-order valence-corrected chi connectivity index (χ4v) is 9.75. The molecule has 0 aliphatic heterocycles. The predicted octanol–water partition coefficient (Wildman–Crippen LogP) is 5.13. The van der Waals surface area contributed by atoms with E-state index >= 15 is 0 Å². The second-order valence-corrected chi connectivity index (χ2v) is 13.2. The fourth-order valence-electron chi connectivity index (χ4n) is 9.75. The smallest absolute Gasteiger partial charge is 0.360 e. The molecule has 8 nitrogen and oxygen atoms in total. The highest BCUT2D eigenvalue weighted by molar-refractivity contribution is 5.86. The van der Waals surface area contributed by atoms with Crippen LogP contribution < -0.4 is 0 Å². The number of carbonyl (C=O) groups excluding carboxylic acids is 1. The van der Waals surface area contributed by atoms with Crippen LogP contribution in [0.1, 0.15) is 108 Å². The second-order valence-electron chi connectivity index (χ2n) is 13.2. The third kappa shape index (κ3) is 4.51. The van der Waals surface area contributed by atoms with Crippen LogP contribution in [0.15, 0.2) is 6.20 Å². The minimum atomic E-state index is -0.704. The first-order valence-corrected chi connectivity index (χ1v) is 14.6. The number of aliphatic hydroxyl groups excluding tert-OH is 1. The lowest BCUT2D eigenvalue weighted by atomic mass is 9.43. The van der Waals surface area contributed by atoms with Gasteiger partial charge in [-0.05, 0) is 111 Å². The molecule has 1 heterocycles. The van der Waals surface area contributed by atoms with Crippen molar-refractivity contribution in [1.29, 1.82) is 0 Å². The van der Waals surface area contributed by atoms with Crippen molar-refractivity contribution in [3.63, 3.8) is 0 Å².